The highest BCUT2D eigenvalue weighted by atomic mass is 16.5. The van der Waals surface area contributed by atoms with Crippen LogP contribution in [0.15, 0.2) is 54.6 Å². The zero-order valence-corrected chi connectivity index (χ0v) is 20.8. The molecule has 0 aliphatic carbocycles. The van der Waals surface area contributed by atoms with Crippen LogP contribution in [0.4, 0.5) is 0 Å². The third-order valence-corrected chi connectivity index (χ3v) is 6.04. The van der Waals surface area contributed by atoms with Gasteiger partial charge in [-0.15, -0.1) is 0 Å². The molecule has 0 amide bonds. The molecule has 0 saturated heterocycles. The number of para-hydroxylation sites is 1. The van der Waals surface area contributed by atoms with Crippen molar-refractivity contribution in [3.63, 3.8) is 0 Å². The van der Waals surface area contributed by atoms with Crippen molar-refractivity contribution in [1.29, 1.82) is 0 Å². The molecule has 37 heavy (non-hydrogen) atoms. The summed E-state index contributed by atoms with van der Waals surface area (Å²) in [5.74, 6) is 1.75. The van der Waals surface area contributed by atoms with Crippen LogP contribution in [0.3, 0.4) is 0 Å². The van der Waals surface area contributed by atoms with Gasteiger partial charge in [0, 0.05) is 164 Å². The number of phenols is 1. The molecule has 0 aromatic heterocycles. The van der Waals surface area contributed by atoms with Gasteiger partial charge in [0.2, 0.25) is 0 Å². The smallest absolute Gasteiger partial charge is 0.127 e. The number of aromatic hydroxyl groups is 1. The van der Waals surface area contributed by atoms with Crippen molar-refractivity contribution in [3.8, 4) is 17.2 Å². The second-order valence-corrected chi connectivity index (χ2v) is 8.87. The van der Waals surface area contributed by atoms with Gasteiger partial charge in [-0.05, 0) is 36.4 Å². The zero-order valence-electron chi connectivity index (χ0n) is 20.8. The van der Waals surface area contributed by atoms with Crippen LogP contribution in [0.2, 0.25) is 0 Å². The first-order valence-corrected chi connectivity index (χ1v) is 11.7. The predicted molar refractivity (Wildman–Crippen MR) is 187 cm³/mol. The Kier molecular flexibility index (Phi) is 16.1. The predicted octanol–water partition coefficient (Wildman–Crippen LogP) is -5.57. The summed E-state index contributed by atoms with van der Waals surface area (Å²) in [6.07, 6.45) is -8.03. The molecular weight excluding hydrogens is 425 g/mol. The molecule has 2 rings (SSSR count). The summed E-state index contributed by atoms with van der Waals surface area (Å²) >= 11 is 0. The van der Waals surface area contributed by atoms with Gasteiger partial charge in [-0.3, -0.25) is 0 Å². The van der Waals surface area contributed by atoms with Crippen LogP contribution in [0, 0.1) is 0 Å². The minimum Gasteiger partial charge on any atom is -0.508 e. The standard InChI is InChI=1S/C12H10O2.B23/c13-10-6-8-12(9-7-10)14-11-4-2-1-3-5-11;1-13-19(12)22(18(10)11)23(20(14(2)3)15(4)5)21(16(6)7)17(8)9/h1-9,13H;. The van der Waals surface area contributed by atoms with E-state index in [0.717, 1.165) is 5.75 Å². The summed E-state index contributed by atoms with van der Waals surface area (Å²) in [5, 5.41) is 9.07. The van der Waals surface area contributed by atoms with E-state index in [2.05, 4.69) is 0 Å². The van der Waals surface area contributed by atoms with E-state index in [1.54, 1.807) is 24.3 Å². The van der Waals surface area contributed by atoms with E-state index in [0.29, 0.717) is 5.75 Å². The van der Waals surface area contributed by atoms with Crippen LogP contribution in [0.25, 0.3) is 0 Å². The summed E-state index contributed by atoms with van der Waals surface area (Å²) in [5.41, 5.74) is 0. The van der Waals surface area contributed by atoms with Crippen LogP contribution in [-0.4, -0.2) is 169 Å². The van der Waals surface area contributed by atoms with E-state index < -0.39 is 63.9 Å². The molecule has 0 atom stereocenters. The van der Waals surface area contributed by atoms with Gasteiger partial charge in [-0.1, -0.05) is 18.2 Å². The van der Waals surface area contributed by atoms with Gasteiger partial charge in [-0.25, -0.2) is 0 Å². The Labute approximate surface area is 244 Å². The van der Waals surface area contributed by atoms with Crippen molar-refractivity contribution in [2.45, 2.75) is 0 Å². The lowest BCUT2D eigenvalue weighted by Gasteiger charge is -2.45. The fourth-order valence-corrected chi connectivity index (χ4v) is 4.35. The van der Waals surface area contributed by atoms with Crippen LogP contribution in [0.1, 0.15) is 0 Å². The second kappa shape index (κ2) is 17.3. The topological polar surface area (TPSA) is 29.5 Å². The molecule has 0 aliphatic rings. The lowest BCUT2D eigenvalue weighted by Crippen LogP contribution is -2.83. The Hall–Kier alpha value is -0.466. The lowest BCUT2D eigenvalue weighted by atomic mass is 8.36. The zero-order chi connectivity index (χ0) is 28.3. The fraction of sp³-hybridized carbons (Fsp3) is 0. The number of hydrogen-bond donors (Lipinski definition) is 1. The van der Waals surface area contributed by atoms with Crippen molar-refractivity contribution in [3.05, 3.63) is 54.6 Å². The number of ether oxygens (including phenoxy) is 1. The molecule has 0 aliphatic heterocycles. The minimum absolute atomic E-state index is 0.241. The van der Waals surface area contributed by atoms with Gasteiger partial charge >= 0.3 is 0 Å². The van der Waals surface area contributed by atoms with Gasteiger partial charge in [-0.2, -0.15) is 0 Å². The summed E-state index contributed by atoms with van der Waals surface area (Å²) < 4.78 is 5.52. The maximum Gasteiger partial charge on any atom is 0.127 e. The Morgan fingerprint density at radius 1 is 0.514 bits per heavy atom. The molecule has 139 valence electrons. The number of hydrogen-bond acceptors (Lipinski definition) is 2. The highest BCUT2D eigenvalue weighted by Gasteiger charge is 2.47. The SMILES string of the molecule is Oc1ccc(Oc2ccccc2)cc1.[B][B]B([B])B(B([B])[B])B(B(B([B])[B])B([B])[B])B(B([B])[B])B([B])[B]. The first-order valence-electron chi connectivity index (χ1n) is 11.7. The molecule has 0 saturated carbocycles. The van der Waals surface area contributed by atoms with Gasteiger partial charge in [0.05, 0.1) is 0 Å². The first-order chi connectivity index (χ1) is 17.3. The quantitative estimate of drug-likeness (QED) is 0.338. The van der Waals surface area contributed by atoms with E-state index in [1.165, 1.54) is 7.06 Å². The Morgan fingerprint density at radius 3 is 1.24 bits per heavy atom. The largest absolute Gasteiger partial charge is 0.508 e. The van der Waals surface area contributed by atoms with Gasteiger partial charge < -0.3 is 9.84 Å². The molecule has 0 heterocycles. The average Bonchev–Trinajstić information content (AvgIpc) is 2.80. The van der Waals surface area contributed by atoms with Crippen molar-refractivity contribution >= 4 is 164 Å². The van der Waals surface area contributed by atoms with Crippen LogP contribution < -0.4 is 4.74 Å². The summed E-state index contributed by atoms with van der Waals surface area (Å²) in [6, 6.07) is 16.2. The molecule has 0 spiro atoms. The highest BCUT2D eigenvalue weighted by molar-refractivity contribution is 8.22. The lowest BCUT2D eigenvalue weighted by molar-refractivity contribution is 0.464. The number of benzene rings is 2. The van der Waals surface area contributed by atoms with Crippen molar-refractivity contribution in [2.24, 2.45) is 0 Å². The summed E-state index contributed by atoms with van der Waals surface area (Å²) in [7, 11) is 71.4. The van der Waals surface area contributed by atoms with Crippen LogP contribution >= 0.6 is 0 Å². The molecule has 0 bridgehead atoms. The number of phenolic OH excluding ortho intramolecular Hbond substituents is 1. The van der Waals surface area contributed by atoms with Crippen molar-refractivity contribution < 1.29 is 9.84 Å². The molecule has 1 N–H and O–H groups in total. The Balaban J connectivity index is 0.000000411. The van der Waals surface area contributed by atoms with E-state index in [1.807, 2.05) is 30.3 Å². The Morgan fingerprint density at radius 2 is 0.892 bits per heavy atom. The monoisotopic (exact) mass is 439 g/mol. The molecule has 0 unspecified atom stereocenters. The van der Waals surface area contributed by atoms with Crippen LogP contribution in [-0.2, 0) is 0 Å². The van der Waals surface area contributed by atoms with E-state index in [-0.39, 0.29) is 5.75 Å². The summed E-state index contributed by atoms with van der Waals surface area (Å²) in [6.45, 7) is 0. The normalized spacial score (nSPS) is 9.41. The molecule has 0 fully saturated rings. The molecule has 2 aromatic carbocycles. The maximum absolute atomic E-state index is 9.07. The fourth-order valence-electron chi connectivity index (χ4n) is 4.35. The minimum atomic E-state index is -0.925. The average molecular weight is 435 g/mol. The second-order valence-electron chi connectivity index (χ2n) is 8.87. The molecule has 2 nitrogen and oxygen atoms in total. The summed E-state index contributed by atoms with van der Waals surface area (Å²) in [4.78, 5) is 0. The van der Waals surface area contributed by atoms with E-state index in [4.69, 9.17) is 103 Å². The van der Waals surface area contributed by atoms with E-state index >= 15 is 0 Å². The highest BCUT2D eigenvalue weighted by Crippen LogP contribution is 2.22. The Bertz CT molecular complexity index is 832. The molecular formula is C12H10B23O2. The van der Waals surface area contributed by atoms with Gasteiger partial charge in [0.25, 0.3) is 0 Å². The maximum atomic E-state index is 9.07. The third kappa shape index (κ3) is 11.3. The molecule has 2 aromatic rings. The van der Waals surface area contributed by atoms with E-state index in [9.17, 15) is 0 Å². The molecule has 25 heteroatoms. The van der Waals surface area contributed by atoms with Crippen molar-refractivity contribution in [2.75, 3.05) is 0 Å². The molecule has 25 radical (unpaired) electrons. The van der Waals surface area contributed by atoms with Crippen molar-refractivity contribution in [1.82, 2.24) is 0 Å². The van der Waals surface area contributed by atoms with Gasteiger partial charge in [0.15, 0.2) is 0 Å². The third-order valence-electron chi connectivity index (χ3n) is 6.04. The number of rotatable bonds is 12. The van der Waals surface area contributed by atoms with Gasteiger partial charge in [0.1, 0.15) is 17.2 Å². The van der Waals surface area contributed by atoms with Crippen LogP contribution in [0.5, 0.6) is 17.2 Å². The first kappa shape index (κ1) is 34.6.